The van der Waals surface area contributed by atoms with Crippen LogP contribution < -0.4 is 10.2 Å². The number of aromatic nitrogens is 2. The summed E-state index contributed by atoms with van der Waals surface area (Å²) in [6.07, 6.45) is 8.10. The van der Waals surface area contributed by atoms with Gasteiger partial charge in [0.2, 0.25) is 0 Å². The molecule has 1 aliphatic carbocycles. The third-order valence-corrected chi connectivity index (χ3v) is 4.09. The number of hydrogen-bond acceptors (Lipinski definition) is 4. The Balaban J connectivity index is 1.81. The topological polar surface area (TPSA) is 41.0 Å². The zero-order valence-electron chi connectivity index (χ0n) is 12.9. The van der Waals surface area contributed by atoms with Crippen molar-refractivity contribution in [3.05, 3.63) is 17.8 Å². The van der Waals surface area contributed by atoms with Crippen LogP contribution in [0.25, 0.3) is 0 Å². The molecule has 1 aromatic rings. The third-order valence-electron chi connectivity index (χ3n) is 4.09. The first-order valence-corrected chi connectivity index (χ1v) is 8.04. The molecule has 0 unspecified atom stereocenters. The number of hydrogen-bond donors (Lipinski definition) is 1. The quantitative estimate of drug-likeness (QED) is 0.777. The van der Waals surface area contributed by atoms with Crippen molar-refractivity contribution < 1.29 is 0 Å². The van der Waals surface area contributed by atoms with Crippen LogP contribution in [-0.4, -0.2) is 30.3 Å². The largest absolute Gasteiger partial charge is 0.358 e. The molecular formula is C16H28N4. The highest BCUT2D eigenvalue weighted by Gasteiger charge is 2.16. The fraction of sp³-hybridized carbons (Fsp3) is 0.750. The number of anilines is 1. The Hall–Kier alpha value is -1.16. The summed E-state index contributed by atoms with van der Waals surface area (Å²) in [5.41, 5.74) is 1.02. The first-order chi connectivity index (χ1) is 9.79. The Kier molecular flexibility index (Phi) is 6.25. The molecule has 2 rings (SSSR count). The van der Waals surface area contributed by atoms with Gasteiger partial charge in [0.05, 0.1) is 5.69 Å². The van der Waals surface area contributed by atoms with Gasteiger partial charge in [0.15, 0.2) is 5.82 Å². The highest BCUT2D eigenvalue weighted by atomic mass is 15.2. The van der Waals surface area contributed by atoms with Gasteiger partial charge in [-0.3, -0.25) is 0 Å². The van der Waals surface area contributed by atoms with Gasteiger partial charge in [-0.05, 0) is 43.9 Å². The van der Waals surface area contributed by atoms with Gasteiger partial charge in [-0.1, -0.05) is 26.2 Å². The smallest absolute Gasteiger partial charge is 0.150 e. The van der Waals surface area contributed by atoms with Crippen molar-refractivity contribution in [2.24, 2.45) is 5.92 Å². The van der Waals surface area contributed by atoms with Crippen LogP contribution in [0.3, 0.4) is 0 Å². The van der Waals surface area contributed by atoms with Crippen LogP contribution in [0.2, 0.25) is 0 Å². The minimum absolute atomic E-state index is 0.813. The molecule has 4 heteroatoms. The van der Waals surface area contributed by atoms with Gasteiger partial charge in [0.25, 0.3) is 0 Å². The van der Waals surface area contributed by atoms with E-state index >= 15 is 0 Å². The summed E-state index contributed by atoms with van der Waals surface area (Å²) >= 11 is 0. The van der Waals surface area contributed by atoms with Crippen LogP contribution in [-0.2, 0) is 6.54 Å². The Labute approximate surface area is 123 Å². The maximum absolute atomic E-state index is 4.36. The van der Waals surface area contributed by atoms with Gasteiger partial charge in [0, 0.05) is 20.1 Å². The molecule has 1 aliphatic rings. The molecule has 1 aromatic heterocycles. The Morgan fingerprint density at radius 2 is 2.00 bits per heavy atom. The van der Waals surface area contributed by atoms with Crippen LogP contribution in [0.5, 0.6) is 0 Å². The van der Waals surface area contributed by atoms with Crippen molar-refractivity contribution in [1.29, 1.82) is 0 Å². The molecule has 0 radical (unpaired) electrons. The molecule has 112 valence electrons. The predicted molar refractivity (Wildman–Crippen MR) is 83.9 cm³/mol. The molecule has 1 fully saturated rings. The van der Waals surface area contributed by atoms with E-state index in [2.05, 4.69) is 46.5 Å². The van der Waals surface area contributed by atoms with Gasteiger partial charge < -0.3 is 10.2 Å². The molecule has 4 nitrogen and oxygen atoms in total. The number of nitrogens with zero attached hydrogens (tertiary/aromatic N) is 3. The Morgan fingerprint density at radius 3 is 2.65 bits per heavy atom. The fourth-order valence-corrected chi connectivity index (χ4v) is 2.89. The lowest BCUT2D eigenvalue weighted by atomic mass is 9.89. The predicted octanol–water partition coefficient (Wildman–Crippen LogP) is 2.99. The summed E-state index contributed by atoms with van der Waals surface area (Å²) in [7, 11) is 2.13. The Bertz CT molecular complexity index is 371. The van der Waals surface area contributed by atoms with Gasteiger partial charge in [0.1, 0.15) is 0 Å². The fourth-order valence-electron chi connectivity index (χ4n) is 2.89. The second kappa shape index (κ2) is 8.20. The zero-order valence-corrected chi connectivity index (χ0v) is 12.9. The summed E-state index contributed by atoms with van der Waals surface area (Å²) in [6, 6.07) is 4.18. The molecule has 0 bridgehead atoms. The van der Waals surface area contributed by atoms with Crippen molar-refractivity contribution in [3.8, 4) is 0 Å². The van der Waals surface area contributed by atoms with E-state index in [1.54, 1.807) is 0 Å². The van der Waals surface area contributed by atoms with E-state index in [0.717, 1.165) is 43.5 Å². The van der Waals surface area contributed by atoms with Gasteiger partial charge in [-0.15, -0.1) is 5.10 Å². The number of nitrogens with one attached hydrogen (secondary N) is 1. The minimum Gasteiger partial charge on any atom is -0.358 e. The summed E-state index contributed by atoms with van der Waals surface area (Å²) in [5.74, 6) is 1.83. The SMILES string of the molecule is CCCNCc1ccc(N(C)CC2CCCCC2)nn1. The molecule has 0 spiro atoms. The molecular weight excluding hydrogens is 248 g/mol. The second-order valence-electron chi connectivity index (χ2n) is 5.94. The second-order valence-corrected chi connectivity index (χ2v) is 5.94. The van der Waals surface area contributed by atoms with Gasteiger partial charge in [-0.25, -0.2) is 0 Å². The molecule has 0 amide bonds. The molecule has 1 saturated carbocycles. The third kappa shape index (κ3) is 4.75. The maximum Gasteiger partial charge on any atom is 0.150 e. The van der Waals surface area contributed by atoms with Crippen LogP contribution in [0.1, 0.15) is 51.1 Å². The molecule has 0 atom stereocenters. The van der Waals surface area contributed by atoms with Gasteiger partial charge >= 0.3 is 0 Å². The average Bonchev–Trinajstić information content (AvgIpc) is 2.49. The molecule has 0 aliphatic heterocycles. The monoisotopic (exact) mass is 276 g/mol. The van der Waals surface area contributed by atoms with Crippen LogP contribution in [0, 0.1) is 5.92 Å². The van der Waals surface area contributed by atoms with E-state index in [9.17, 15) is 0 Å². The van der Waals surface area contributed by atoms with E-state index < -0.39 is 0 Å². The molecule has 1 N–H and O–H groups in total. The highest BCUT2D eigenvalue weighted by molar-refractivity contribution is 5.36. The lowest BCUT2D eigenvalue weighted by molar-refractivity contribution is 0.361. The first kappa shape index (κ1) is 15.2. The number of rotatable bonds is 7. The highest BCUT2D eigenvalue weighted by Crippen LogP contribution is 2.25. The summed E-state index contributed by atoms with van der Waals surface area (Å²) in [4.78, 5) is 2.26. The average molecular weight is 276 g/mol. The van der Waals surface area contributed by atoms with E-state index in [-0.39, 0.29) is 0 Å². The van der Waals surface area contributed by atoms with Crippen molar-refractivity contribution in [3.63, 3.8) is 0 Å². The van der Waals surface area contributed by atoms with Crippen molar-refractivity contribution in [1.82, 2.24) is 15.5 Å². The van der Waals surface area contributed by atoms with E-state index in [1.807, 2.05) is 0 Å². The molecule has 0 saturated heterocycles. The van der Waals surface area contributed by atoms with E-state index in [1.165, 1.54) is 32.1 Å². The zero-order chi connectivity index (χ0) is 14.2. The van der Waals surface area contributed by atoms with Crippen molar-refractivity contribution in [2.75, 3.05) is 25.0 Å². The minimum atomic E-state index is 0.813. The summed E-state index contributed by atoms with van der Waals surface area (Å²) in [5, 5.41) is 12.0. The lowest BCUT2D eigenvalue weighted by Gasteiger charge is -2.27. The van der Waals surface area contributed by atoms with Crippen LogP contribution in [0.15, 0.2) is 12.1 Å². The van der Waals surface area contributed by atoms with Crippen LogP contribution in [0.4, 0.5) is 5.82 Å². The maximum atomic E-state index is 4.36. The van der Waals surface area contributed by atoms with Crippen LogP contribution >= 0.6 is 0 Å². The lowest BCUT2D eigenvalue weighted by Crippen LogP contribution is -2.27. The summed E-state index contributed by atoms with van der Waals surface area (Å²) < 4.78 is 0. The first-order valence-electron chi connectivity index (χ1n) is 8.04. The summed E-state index contributed by atoms with van der Waals surface area (Å²) in [6.45, 7) is 5.13. The molecule has 1 heterocycles. The normalized spacial score (nSPS) is 16.3. The van der Waals surface area contributed by atoms with Crippen molar-refractivity contribution in [2.45, 2.75) is 52.0 Å². The van der Waals surface area contributed by atoms with Gasteiger partial charge in [-0.2, -0.15) is 5.10 Å². The standard InChI is InChI=1S/C16H28N4/c1-3-11-17-12-15-9-10-16(19-18-15)20(2)13-14-7-5-4-6-8-14/h9-10,14,17H,3-8,11-13H2,1-2H3. The molecule has 0 aromatic carbocycles. The Morgan fingerprint density at radius 1 is 1.20 bits per heavy atom. The molecule has 20 heavy (non-hydrogen) atoms. The van der Waals surface area contributed by atoms with Crippen molar-refractivity contribution >= 4 is 5.82 Å². The van der Waals surface area contributed by atoms with E-state index in [0.29, 0.717) is 0 Å². The van der Waals surface area contributed by atoms with E-state index in [4.69, 9.17) is 0 Å².